The third-order valence-corrected chi connectivity index (χ3v) is 4.74. The summed E-state index contributed by atoms with van der Waals surface area (Å²) in [6.07, 6.45) is 0. The summed E-state index contributed by atoms with van der Waals surface area (Å²) in [5.74, 6) is 0. The SMILES string of the molecule is COCCOC(C)Sc1c(Cl)c(P(=O)(O)O)nn1C. The van der Waals surface area contributed by atoms with E-state index in [9.17, 15) is 4.57 Å². The molecule has 0 aliphatic rings. The van der Waals surface area contributed by atoms with Gasteiger partial charge in [-0.1, -0.05) is 23.4 Å². The summed E-state index contributed by atoms with van der Waals surface area (Å²) in [5.41, 5.74) is -0.657. The number of thioether (sulfide) groups is 1. The molecule has 0 aliphatic carbocycles. The van der Waals surface area contributed by atoms with Gasteiger partial charge in [0.15, 0.2) is 5.44 Å². The predicted octanol–water partition coefficient (Wildman–Crippen LogP) is 0.978. The van der Waals surface area contributed by atoms with Crippen molar-refractivity contribution in [2.45, 2.75) is 17.4 Å². The molecule has 0 bridgehead atoms. The van der Waals surface area contributed by atoms with E-state index >= 15 is 0 Å². The minimum Gasteiger partial charge on any atom is -0.382 e. The van der Waals surface area contributed by atoms with Gasteiger partial charge in [-0.3, -0.25) is 9.25 Å². The standard InChI is InChI=1S/C9H16ClN2O5PS/c1-6(17-5-4-16-3)19-9-7(10)8(11-12(9)2)18(13,14)15/h6H,4-5H2,1-3H3,(H2,13,14,15). The van der Waals surface area contributed by atoms with E-state index in [1.165, 1.54) is 16.4 Å². The molecule has 0 aromatic carbocycles. The van der Waals surface area contributed by atoms with Gasteiger partial charge in [-0.05, 0) is 6.92 Å². The number of hydrogen-bond acceptors (Lipinski definition) is 5. The first-order valence-corrected chi connectivity index (χ1v) is 8.20. The number of halogens is 1. The average Bonchev–Trinajstić information content (AvgIpc) is 2.57. The fourth-order valence-electron chi connectivity index (χ4n) is 1.27. The number of aromatic nitrogens is 2. The second-order valence-corrected chi connectivity index (χ2v) is 6.84. The molecule has 10 heteroatoms. The Morgan fingerprint density at radius 2 is 2.16 bits per heavy atom. The molecule has 1 atom stereocenters. The Balaban J connectivity index is 2.79. The van der Waals surface area contributed by atoms with E-state index in [-0.39, 0.29) is 10.5 Å². The van der Waals surface area contributed by atoms with Gasteiger partial charge < -0.3 is 19.3 Å². The van der Waals surface area contributed by atoms with Gasteiger partial charge in [0.1, 0.15) is 15.5 Å². The molecule has 110 valence electrons. The van der Waals surface area contributed by atoms with Gasteiger partial charge in [0.2, 0.25) is 0 Å². The molecule has 0 amide bonds. The molecule has 1 heterocycles. The molecule has 1 rings (SSSR count). The van der Waals surface area contributed by atoms with Gasteiger partial charge in [0.25, 0.3) is 0 Å². The van der Waals surface area contributed by atoms with Crippen molar-refractivity contribution in [1.82, 2.24) is 9.78 Å². The van der Waals surface area contributed by atoms with Crippen LogP contribution in [0.4, 0.5) is 0 Å². The molecule has 0 aliphatic heterocycles. The van der Waals surface area contributed by atoms with Crippen LogP contribution < -0.4 is 5.44 Å². The van der Waals surface area contributed by atoms with Crippen molar-refractivity contribution in [3.05, 3.63) is 5.02 Å². The lowest BCUT2D eigenvalue weighted by atomic mass is 10.7. The van der Waals surface area contributed by atoms with Gasteiger partial charge >= 0.3 is 7.60 Å². The number of ether oxygens (including phenoxy) is 2. The van der Waals surface area contributed by atoms with Gasteiger partial charge in [0.05, 0.1) is 13.2 Å². The maximum atomic E-state index is 11.2. The summed E-state index contributed by atoms with van der Waals surface area (Å²) in [4.78, 5) is 18.2. The lowest BCUT2D eigenvalue weighted by Gasteiger charge is -2.12. The summed E-state index contributed by atoms with van der Waals surface area (Å²) >= 11 is 7.17. The third kappa shape index (κ3) is 4.75. The maximum Gasteiger partial charge on any atom is 0.377 e. The van der Waals surface area contributed by atoms with E-state index in [2.05, 4.69) is 5.10 Å². The van der Waals surface area contributed by atoms with Crippen LogP contribution in [0.3, 0.4) is 0 Å². The maximum absolute atomic E-state index is 11.2. The van der Waals surface area contributed by atoms with Crippen LogP contribution >= 0.6 is 31.0 Å². The highest BCUT2D eigenvalue weighted by Crippen LogP contribution is 2.39. The van der Waals surface area contributed by atoms with Crippen molar-refractivity contribution in [2.24, 2.45) is 7.05 Å². The highest BCUT2D eigenvalue weighted by atomic mass is 35.5. The van der Waals surface area contributed by atoms with E-state index in [4.69, 9.17) is 30.9 Å². The Labute approximate surface area is 120 Å². The highest BCUT2D eigenvalue weighted by Gasteiger charge is 2.29. The Hall–Kier alpha value is -0.0800. The number of nitrogens with zero attached hydrogens (tertiary/aromatic N) is 2. The summed E-state index contributed by atoms with van der Waals surface area (Å²) in [7, 11) is -1.33. The summed E-state index contributed by atoms with van der Waals surface area (Å²) in [6, 6.07) is 0. The first kappa shape index (κ1) is 17.0. The first-order chi connectivity index (χ1) is 8.77. The minimum atomic E-state index is -4.47. The predicted molar refractivity (Wildman–Crippen MR) is 73.0 cm³/mol. The van der Waals surface area contributed by atoms with Crippen LogP contribution in [0.15, 0.2) is 5.03 Å². The molecule has 2 N–H and O–H groups in total. The zero-order valence-corrected chi connectivity index (χ0v) is 13.2. The number of aryl methyl sites for hydroxylation is 1. The van der Waals surface area contributed by atoms with Crippen molar-refractivity contribution in [1.29, 1.82) is 0 Å². The second kappa shape index (κ2) is 7.08. The van der Waals surface area contributed by atoms with Crippen LogP contribution in [0.2, 0.25) is 5.02 Å². The van der Waals surface area contributed by atoms with Gasteiger partial charge in [-0.2, -0.15) is 5.10 Å². The van der Waals surface area contributed by atoms with Crippen LogP contribution in [0.1, 0.15) is 6.92 Å². The number of hydrogen-bond donors (Lipinski definition) is 2. The average molecular weight is 331 g/mol. The highest BCUT2D eigenvalue weighted by molar-refractivity contribution is 7.99. The van der Waals surface area contributed by atoms with E-state index in [1.807, 2.05) is 0 Å². The van der Waals surface area contributed by atoms with E-state index in [0.717, 1.165) is 0 Å². The molecule has 1 aromatic rings. The van der Waals surface area contributed by atoms with E-state index in [1.54, 1.807) is 21.1 Å². The molecule has 0 spiro atoms. The first-order valence-electron chi connectivity index (χ1n) is 5.33. The van der Waals surface area contributed by atoms with Crippen LogP contribution in [0.5, 0.6) is 0 Å². The monoisotopic (exact) mass is 330 g/mol. The normalized spacial score (nSPS) is 13.8. The van der Waals surface area contributed by atoms with E-state index < -0.39 is 13.0 Å². The van der Waals surface area contributed by atoms with Crippen molar-refractivity contribution in [3.63, 3.8) is 0 Å². The third-order valence-electron chi connectivity index (χ3n) is 2.12. The largest absolute Gasteiger partial charge is 0.382 e. The number of methoxy groups -OCH3 is 1. The molecular formula is C9H16ClN2O5PS. The molecular weight excluding hydrogens is 315 g/mol. The smallest absolute Gasteiger partial charge is 0.377 e. The molecule has 7 nitrogen and oxygen atoms in total. The fourth-order valence-corrected chi connectivity index (χ4v) is 3.46. The zero-order chi connectivity index (χ0) is 14.6. The molecule has 1 aromatic heterocycles. The Morgan fingerprint density at radius 3 is 2.63 bits per heavy atom. The number of rotatable bonds is 7. The summed E-state index contributed by atoms with van der Waals surface area (Å²) in [5, 5.41) is 4.16. The van der Waals surface area contributed by atoms with Crippen molar-refractivity contribution >= 4 is 36.4 Å². The van der Waals surface area contributed by atoms with Crippen LogP contribution in [-0.4, -0.2) is 45.3 Å². The minimum absolute atomic E-state index is 0.0389. The van der Waals surface area contributed by atoms with Crippen LogP contribution in [0.25, 0.3) is 0 Å². The molecule has 0 fully saturated rings. The van der Waals surface area contributed by atoms with Crippen LogP contribution in [-0.2, 0) is 21.1 Å². The van der Waals surface area contributed by atoms with Gasteiger partial charge in [-0.25, -0.2) is 0 Å². The van der Waals surface area contributed by atoms with Crippen LogP contribution in [0, 0.1) is 0 Å². The summed E-state index contributed by atoms with van der Waals surface area (Å²) < 4.78 is 22.8. The summed E-state index contributed by atoms with van der Waals surface area (Å²) in [6.45, 7) is 2.70. The van der Waals surface area contributed by atoms with Gasteiger partial charge in [-0.15, -0.1) is 0 Å². The Kier molecular flexibility index (Phi) is 6.32. The zero-order valence-electron chi connectivity index (χ0n) is 10.7. The molecule has 1 unspecified atom stereocenters. The Morgan fingerprint density at radius 1 is 1.53 bits per heavy atom. The quantitative estimate of drug-likeness (QED) is 0.333. The topological polar surface area (TPSA) is 93.8 Å². The van der Waals surface area contributed by atoms with E-state index in [0.29, 0.717) is 18.2 Å². The molecule has 19 heavy (non-hydrogen) atoms. The lowest BCUT2D eigenvalue weighted by Crippen LogP contribution is -2.09. The van der Waals surface area contributed by atoms with Crippen molar-refractivity contribution in [3.8, 4) is 0 Å². The fraction of sp³-hybridized carbons (Fsp3) is 0.667. The Bertz CT molecular complexity index is 477. The van der Waals surface area contributed by atoms with Crippen molar-refractivity contribution in [2.75, 3.05) is 20.3 Å². The molecule has 0 saturated heterocycles. The lowest BCUT2D eigenvalue weighted by molar-refractivity contribution is 0.0638. The second-order valence-electron chi connectivity index (χ2n) is 3.66. The van der Waals surface area contributed by atoms with Crippen molar-refractivity contribution < 1.29 is 23.8 Å². The van der Waals surface area contributed by atoms with Gasteiger partial charge in [0, 0.05) is 14.2 Å². The molecule has 0 saturated carbocycles. The molecule has 0 radical (unpaired) electrons.